The third-order valence-electron chi connectivity index (χ3n) is 4.95. The molecule has 1 nitrogen and oxygen atoms in total. The van der Waals surface area contributed by atoms with Gasteiger partial charge in [0.1, 0.15) is 0 Å². The van der Waals surface area contributed by atoms with Gasteiger partial charge in [0.25, 0.3) is 0 Å². The minimum Gasteiger partial charge on any atom is -0.316 e. The molecular weight excluding hydrogens is 170 g/mol. The lowest BCUT2D eigenvalue weighted by Gasteiger charge is -2.51. The first-order valence-corrected chi connectivity index (χ1v) is 6.50. The zero-order valence-corrected chi connectivity index (χ0v) is 9.81. The van der Waals surface area contributed by atoms with Crippen LogP contribution in [-0.4, -0.2) is 13.1 Å². The number of nitrogens with one attached hydrogen (secondary N) is 1. The summed E-state index contributed by atoms with van der Waals surface area (Å²) in [7, 11) is 0. The number of hydrogen-bond acceptors (Lipinski definition) is 1. The molecule has 2 fully saturated rings. The SMILES string of the molecule is CCC1CCCCC12CCNCC2C. The van der Waals surface area contributed by atoms with Gasteiger partial charge < -0.3 is 5.32 Å². The predicted molar refractivity (Wildman–Crippen MR) is 61.3 cm³/mol. The Bertz CT molecular complexity index is 184. The molecule has 1 heterocycles. The highest BCUT2D eigenvalue weighted by atomic mass is 14.9. The summed E-state index contributed by atoms with van der Waals surface area (Å²) in [5.41, 5.74) is 0.720. The van der Waals surface area contributed by atoms with Gasteiger partial charge in [0.2, 0.25) is 0 Å². The smallest absolute Gasteiger partial charge is 0.00177 e. The molecule has 3 unspecified atom stereocenters. The van der Waals surface area contributed by atoms with Crippen molar-refractivity contribution in [1.29, 1.82) is 0 Å². The van der Waals surface area contributed by atoms with E-state index in [1.54, 1.807) is 0 Å². The van der Waals surface area contributed by atoms with Crippen LogP contribution in [0.2, 0.25) is 0 Å². The van der Waals surface area contributed by atoms with Crippen LogP contribution in [0.3, 0.4) is 0 Å². The molecule has 82 valence electrons. The van der Waals surface area contributed by atoms with Crippen molar-refractivity contribution >= 4 is 0 Å². The molecule has 1 saturated carbocycles. The van der Waals surface area contributed by atoms with Gasteiger partial charge in [-0.2, -0.15) is 0 Å². The molecule has 0 amide bonds. The zero-order valence-electron chi connectivity index (χ0n) is 9.81. The minimum atomic E-state index is 0.720. The Morgan fingerprint density at radius 1 is 1.29 bits per heavy atom. The van der Waals surface area contributed by atoms with Gasteiger partial charge in [-0.1, -0.05) is 33.1 Å². The Balaban J connectivity index is 2.15. The van der Waals surface area contributed by atoms with E-state index < -0.39 is 0 Å². The molecule has 1 N–H and O–H groups in total. The minimum absolute atomic E-state index is 0.720. The van der Waals surface area contributed by atoms with Crippen molar-refractivity contribution in [3.8, 4) is 0 Å². The van der Waals surface area contributed by atoms with E-state index in [0.717, 1.165) is 17.3 Å². The summed E-state index contributed by atoms with van der Waals surface area (Å²) in [6.45, 7) is 7.39. The third kappa shape index (κ3) is 1.60. The van der Waals surface area contributed by atoms with Crippen LogP contribution in [0, 0.1) is 17.3 Å². The molecule has 1 spiro atoms. The van der Waals surface area contributed by atoms with Crippen molar-refractivity contribution in [1.82, 2.24) is 5.32 Å². The first kappa shape index (κ1) is 10.5. The maximum atomic E-state index is 3.55. The summed E-state index contributed by atoms with van der Waals surface area (Å²) in [5, 5.41) is 3.55. The lowest BCUT2D eigenvalue weighted by atomic mass is 9.56. The van der Waals surface area contributed by atoms with Gasteiger partial charge in [0, 0.05) is 0 Å². The van der Waals surface area contributed by atoms with Crippen LogP contribution in [0.25, 0.3) is 0 Å². The molecule has 0 radical (unpaired) electrons. The van der Waals surface area contributed by atoms with Gasteiger partial charge in [-0.05, 0) is 49.6 Å². The standard InChI is InChI=1S/C13H25N/c1-3-12-6-4-5-7-13(12)8-9-14-10-11(13)2/h11-12,14H,3-10H2,1-2H3. The van der Waals surface area contributed by atoms with Crippen LogP contribution >= 0.6 is 0 Å². The van der Waals surface area contributed by atoms with Crippen molar-refractivity contribution < 1.29 is 0 Å². The van der Waals surface area contributed by atoms with Crippen molar-refractivity contribution in [3.63, 3.8) is 0 Å². The van der Waals surface area contributed by atoms with Crippen LogP contribution in [0.15, 0.2) is 0 Å². The van der Waals surface area contributed by atoms with Gasteiger partial charge in [-0.3, -0.25) is 0 Å². The Labute approximate surface area is 88.7 Å². The highest BCUT2D eigenvalue weighted by molar-refractivity contribution is 4.96. The van der Waals surface area contributed by atoms with Gasteiger partial charge in [0.15, 0.2) is 0 Å². The molecule has 0 aromatic rings. The van der Waals surface area contributed by atoms with E-state index in [1.807, 2.05) is 0 Å². The molecule has 1 aliphatic carbocycles. The van der Waals surface area contributed by atoms with Crippen LogP contribution in [0.5, 0.6) is 0 Å². The molecule has 14 heavy (non-hydrogen) atoms. The normalized spacial score (nSPS) is 44.1. The maximum Gasteiger partial charge on any atom is -0.00177 e. The second-order valence-electron chi connectivity index (χ2n) is 5.44. The van der Waals surface area contributed by atoms with Gasteiger partial charge in [-0.15, -0.1) is 0 Å². The van der Waals surface area contributed by atoms with Crippen LogP contribution in [-0.2, 0) is 0 Å². The van der Waals surface area contributed by atoms with E-state index >= 15 is 0 Å². The quantitative estimate of drug-likeness (QED) is 0.677. The summed E-state index contributed by atoms with van der Waals surface area (Å²) in [6.07, 6.45) is 8.83. The van der Waals surface area contributed by atoms with E-state index in [0.29, 0.717) is 0 Å². The molecule has 0 bridgehead atoms. The van der Waals surface area contributed by atoms with Crippen molar-refractivity contribution in [2.45, 2.75) is 52.4 Å². The van der Waals surface area contributed by atoms with Crippen LogP contribution < -0.4 is 5.32 Å². The summed E-state index contributed by atoms with van der Waals surface area (Å²) in [5.74, 6) is 1.93. The fourth-order valence-corrected chi connectivity index (χ4v) is 4.01. The zero-order chi connectivity index (χ0) is 10.0. The Morgan fingerprint density at radius 2 is 2.14 bits per heavy atom. The van der Waals surface area contributed by atoms with E-state index in [9.17, 15) is 0 Å². The van der Waals surface area contributed by atoms with Gasteiger partial charge in [-0.25, -0.2) is 0 Å². The summed E-state index contributed by atoms with van der Waals surface area (Å²) in [4.78, 5) is 0. The number of hydrogen-bond donors (Lipinski definition) is 1. The monoisotopic (exact) mass is 195 g/mol. The van der Waals surface area contributed by atoms with E-state index in [1.165, 1.54) is 51.6 Å². The predicted octanol–water partition coefficient (Wildman–Crippen LogP) is 3.20. The highest BCUT2D eigenvalue weighted by Crippen LogP contribution is 2.51. The van der Waals surface area contributed by atoms with E-state index in [-0.39, 0.29) is 0 Å². The van der Waals surface area contributed by atoms with Crippen molar-refractivity contribution in [2.75, 3.05) is 13.1 Å². The van der Waals surface area contributed by atoms with Crippen molar-refractivity contribution in [3.05, 3.63) is 0 Å². The Hall–Kier alpha value is -0.0400. The Kier molecular flexibility index (Phi) is 3.16. The summed E-state index contributed by atoms with van der Waals surface area (Å²) >= 11 is 0. The topological polar surface area (TPSA) is 12.0 Å². The summed E-state index contributed by atoms with van der Waals surface area (Å²) < 4.78 is 0. The fourth-order valence-electron chi connectivity index (χ4n) is 4.01. The molecule has 0 aromatic heterocycles. The second kappa shape index (κ2) is 4.22. The largest absolute Gasteiger partial charge is 0.316 e. The Morgan fingerprint density at radius 3 is 2.86 bits per heavy atom. The molecule has 3 atom stereocenters. The number of piperidine rings is 1. The highest BCUT2D eigenvalue weighted by Gasteiger charge is 2.44. The molecule has 2 aliphatic rings. The molecule has 1 saturated heterocycles. The van der Waals surface area contributed by atoms with Gasteiger partial charge in [0.05, 0.1) is 0 Å². The van der Waals surface area contributed by atoms with E-state index in [4.69, 9.17) is 0 Å². The maximum absolute atomic E-state index is 3.55. The van der Waals surface area contributed by atoms with Gasteiger partial charge >= 0.3 is 0 Å². The third-order valence-corrected chi connectivity index (χ3v) is 4.95. The first-order valence-electron chi connectivity index (χ1n) is 6.50. The lowest BCUT2D eigenvalue weighted by Crippen LogP contribution is -2.49. The average molecular weight is 195 g/mol. The van der Waals surface area contributed by atoms with Crippen molar-refractivity contribution in [2.24, 2.45) is 17.3 Å². The molecule has 2 rings (SSSR count). The van der Waals surface area contributed by atoms with Crippen LogP contribution in [0.4, 0.5) is 0 Å². The first-order chi connectivity index (χ1) is 6.79. The lowest BCUT2D eigenvalue weighted by molar-refractivity contribution is 0.00276. The van der Waals surface area contributed by atoms with Crippen LogP contribution in [0.1, 0.15) is 52.4 Å². The molecule has 1 heteroatoms. The van der Waals surface area contributed by atoms with E-state index in [2.05, 4.69) is 19.2 Å². The fraction of sp³-hybridized carbons (Fsp3) is 1.00. The number of rotatable bonds is 1. The summed E-state index contributed by atoms with van der Waals surface area (Å²) in [6, 6.07) is 0. The molecule has 1 aliphatic heterocycles. The molecular formula is C13H25N. The average Bonchev–Trinajstić information content (AvgIpc) is 2.23. The second-order valence-corrected chi connectivity index (χ2v) is 5.44. The molecule has 0 aromatic carbocycles.